The molecule has 206 valence electrons. The van der Waals surface area contributed by atoms with Crippen molar-refractivity contribution in [1.82, 2.24) is 10.2 Å². The summed E-state index contributed by atoms with van der Waals surface area (Å²) in [5.74, 6) is 0.366. The van der Waals surface area contributed by atoms with Gasteiger partial charge in [-0.25, -0.2) is 0 Å². The smallest absolute Gasteiger partial charge is 0.243 e. The number of thioether (sulfide) groups is 1. The Bertz CT molecular complexity index is 1230. The normalized spacial score (nSPS) is 14.5. The van der Waals surface area contributed by atoms with Crippen molar-refractivity contribution in [3.8, 4) is 0 Å². The van der Waals surface area contributed by atoms with E-state index in [-0.39, 0.29) is 30.8 Å². The lowest BCUT2D eigenvalue weighted by Gasteiger charge is -2.33. The third kappa shape index (κ3) is 9.18. The predicted octanol–water partition coefficient (Wildman–Crippen LogP) is 8.22. The van der Waals surface area contributed by atoms with Gasteiger partial charge in [-0.05, 0) is 60.4 Å². The molecule has 0 saturated heterocycles. The van der Waals surface area contributed by atoms with Gasteiger partial charge in [-0.15, -0.1) is 11.8 Å². The number of halogens is 3. The van der Waals surface area contributed by atoms with Crippen molar-refractivity contribution >= 4 is 58.4 Å². The van der Waals surface area contributed by atoms with Gasteiger partial charge in [0, 0.05) is 51.1 Å². The zero-order valence-electron chi connectivity index (χ0n) is 21.8. The molecule has 0 aromatic heterocycles. The fraction of sp³-hybridized carbons (Fsp3) is 0.355. The second kappa shape index (κ2) is 15.0. The molecule has 0 aliphatic heterocycles. The summed E-state index contributed by atoms with van der Waals surface area (Å²) in [6, 6.07) is 22.1. The molecule has 8 heteroatoms. The van der Waals surface area contributed by atoms with Crippen molar-refractivity contribution in [3.05, 3.63) is 99.0 Å². The lowest BCUT2D eigenvalue weighted by molar-refractivity contribution is -0.141. The van der Waals surface area contributed by atoms with Gasteiger partial charge in [-0.1, -0.05) is 90.5 Å². The topological polar surface area (TPSA) is 49.4 Å². The Morgan fingerprint density at radius 1 is 0.897 bits per heavy atom. The zero-order chi connectivity index (χ0) is 27.6. The molecule has 0 heterocycles. The number of hydrogen-bond acceptors (Lipinski definition) is 3. The Morgan fingerprint density at radius 2 is 1.59 bits per heavy atom. The molecule has 3 aromatic rings. The van der Waals surface area contributed by atoms with Gasteiger partial charge in [0.05, 0.1) is 0 Å². The molecule has 4 nitrogen and oxygen atoms in total. The van der Waals surface area contributed by atoms with Crippen molar-refractivity contribution in [2.24, 2.45) is 0 Å². The van der Waals surface area contributed by atoms with E-state index in [1.807, 2.05) is 60.7 Å². The highest BCUT2D eigenvalue weighted by Gasteiger charge is 2.32. The van der Waals surface area contributed by atoms with Crippen LogP contribution in [0.3, 0.4) is 0 Å². The number of benzene rings is 3. The third-order valence-electron chi connectivity index (χ3n) is 6.98. The van der Waals surface area contributed by atoms with E-state index in [0.29, 0.717) is 27.2 Å². The fourth-order valence-electron chi connectivity index (χ4n) is 4.86. The first-order valence-corrected chi connectivity index (χ1v) is 15.5. The summed E-state index contributed by atoms with van der Waals surface area (Å²) in [6.45, 7) is 0.218. The van der Waals surface area contributed by atoms with Crippen molar-refractivity contribution in [1.29, 1.82) is 0 Å². The highest BCUT2D eigenvalue weighted by Crippen LogP contribution is 2.26. The van der Waals surface area contributed by atoms with Gasteiger partial charge in [0.25, 0.3) is 0 Å². The lowest BCUT2D eigenvalue weighted by Crippen LogP contribution is -2.53. The van der Waals surface area contributed by atoms with Gasteiger partial charge in [-0.2, -0.15) is 0 Å². The highest BCUT2D eigenvalue weighted by atomic mass is 35.5. The average Bonchev–Trinajstić information content (AvgIpc) is 2.94. The van der Waals surface area contributed by atoms with Crippen LogP contribution in [0.4, 0.5) is 0 Å². The molecule has 0 bridgehead atoms. The number of amides is 2. The van der Waals surface area contributed by atoms with E-state index in [2.05, 4.69) is 5.32 Å². The maximum Gasteiger partial charge on any atom is 0.243 e. The molecule has 1 fully saturated rings. The van der Waals surface area contributed by atoms with Crippen LogP contribution < -0.4 is 5.32 Å². The number of nitrogens with one attached hydrogen (secondary N) is 1. The second-order valence-corrected chi connectivity index (χ2v) is 12.3. The molecule has 4 rings (SSSR count). The summed E-state index contributed by atoms with van der Waals surface area (Å²) in [7, 11) is 0. The van der Waals surface area contributed by atoms with Crippen LogP contribution >= 0.6 is 46.6 Å². The van der Waals surface area contributed by atoms with Crippen LogP contribution in [0, 0.1) is 0 Å². The minimum absolute atomic E-state index is 0.0952. The molecule has 1 aliphatic rings. The van der Waals surface area contributed by atoms with Gasteiger partial charge in [-0.3, -0.25) is 9.59 Å². The molecule has 2 amide bonds. The van der Waals surface area contributed by atoms with E-state index in [0.717, 1.165) is 41.7 Å². The molecular weight excluding hydrogens is 571 g/mol. The van der Waals surface area contributed by atoms with Gasteiger partial charge >= 0.3 is 0 Å². The molecular formula is C31H33Cl3N2O2S. The number of carbonyl (C=O) groups excluding carboxylic acids is 2. The number of carbonyl (C=O) groups is 2. The largest absolute Gasteiger partial charge is 0.352 e. The Labute approximate surface area is 250 Å². The molecule has 0 spiro atoms. The Hall–Kier alpha value is -2.18. The number of rotatable bonds is 11. The van der Waals surface area contributed by atoms with Crippen LogP contribution in [0.5, 0.6) is 0 Å². The molecule has 1 N–H and O–H groups in total. The standard InChI is InChI=1S/C31H33Cl3N2O2S/c32-24-13-15-27(16-14-24)39-18-17-30(37)36(21-23-11-12-25(33)20-28(23)34)29(19-22-7-3-1-4-8-22)31(38)35-26-9-5-2-6-10-26/h1,3-4,7-8,11-16,20,26,29H,2,5-6,9-10,17-19,21H2,(H,35,38)/t29-/m0/s1. The van der Waals surface area contributed by atoms with Gasteiger partial charge in [0.2, 0.25) is 11.8 Å². The first-order chi connectivity index (χ1) is 18.9. The van der Waals surface area contributed by atoms with Crippen LogP contribution in [0.25, 0.3) is 0 Å². The molecule has 1 atom stereocenters. The van der Waals surface area contributed by atoms with Gasteiger partial charge < -0.3 is 10.2 Å². The maximum atomic E-state index is 13.8. The summed E-state index contributed by atoms with van der Waals surface area (Å²) in [5, 5.41) is 4.94. The van der Waals surface area contributed by atoms with Gasteiger partial charge in [0.1, 0.15) is 6.04 Å². The van der Waals surface area contributed by atoms with E-state index in [4.69, 9.17) is 34.8 Å². The summed E-state index contributed by atoms with van der Waals surface area (Å²) >= 11 is 20.3. The lowest BCUT2D eigenvalue weighted by atomic mass is 9.94. The average molecular weight is 604 g/mol. The van der Waals surface area contributed by atoms with Crippen molar-refractivity contribution in [2.45, 2.75) is 68.5 Å². The molecule has 0 unspecified atom stereocenters. The van der Waals surface area contributed by atoms with Crippen LogP contribution in [0.1, 0.15) is 49.7 Å². The molecule has 3 aromatic carbocycles. The van der Waals surface area contributed by atoms with E-state index in [1.54, 1.807) is 28.8 Å². The zero-order valence-corrected chi connectivity index (χ0v) is 24.8. The van der Waals surface area contributed by atoms with E-state index >= 15 is 0 Å². The Kier molecular flexibility index (Phi) is 11.5. The summed E-state index contributed by atoms with van der Waals surface area (Å²) in [5.41, 5.74) is 1.75. The van der Waals surface area contributed by atoms with Crippen LogP contribution in [0.15, 0.2) is 77.7 Å². The summed E-state index contributed by atoms with van der Waals surface area (Å²) in [4.78, 5) is 30.4. The molecule has 1 saturated carbocycles. The minimum atomic E-state index is -0.672. The summed E-state index contributed by atoms with van der Waals surface area (Å²) in [6.07, 6.45) is 6.06. The first kappa shape index (κ1) is 29.8. The van der Waals surface area contributed by atoms with E-state index in [1.165, 1.54) is 6.42 Å². The number of nitrogens with zero attached hydrogens (tertiary/aromatic N) is 1. The second-order valence-electron chi connectivity index (χ2n) is 9.86. The van der Waals surface area contributed by atoms with Crippen LogP contribution in [0.2, 0.25) is 15.1 Å². The first-order valence-electron chi connectivity index (χ1n) is 13.3. The Morgan fingerprint density at radius 3 is 2.28 bits per heavy atom. The SMILES string of the molecule is O=C(NC1CCCCC1)[C@H](Cc1ccccc1)N(Cc1ccc(Cl)cc1Cl)C(=O)CCSc1ccc(Cl)cc1. The van der Waals surface area contributed by atoms with Crippen molar-refractivity contribution < 1.29 is 9.59 Å². The monoisotopic (exact) mass is 602 g/mol. The minimum Gasteiger partial charge on any atom is -0.352 e. The van der Waals surface area contributed by atoms with E-state index < -0.39 is 6.04 Å². The van der Waals surface area contributed by atoms with Crippen molar-refractivity contribution in [2.75, 3.05) is 5.75 Å². The molecule has 1 aliphatic carbocycles. The quantitative estimate of drug-likeness (QED) is 0.225. The Balaban J connectivity index is 1.58. The molecule has 0 radical (unpaired) electrons. The maximum absolute atomic E-state index is 13.8. The molecule has 39 heavy (non-hydrogen) atoms. The summed E-state index contributed by atoms with van der Waals surface area (Å²) < 4.78 is 0. The van der Waals surface area contributed by atoms with E-state index in [9.17, 15) is 9.59 Å². The fourth-order valence-corrected chi connectivity index (χ4v) is 6.30. The van der Waals surface area contributed by atoms with Crippen LogP contribution in [-0.2, 0) is 22.6 Å². The number of hydrogen-bond donors (Lipinski definition) is 1. The third-order valence-corrected chi connectivity index (χ3v) is 8.83. The predicted molar refractivity (Wildman–Crippen MR) is 163 cm³/mol. The highest BCUT2D eigenvalue weighted by molar-refractivity contribution is 7.99. The van der Waals surface area contributed by atoms with Crippen LogP contribution in [-0.4, -0.2) is 34.6 Å². The van der Waals surface area contributed by atoms with Crippen molar-refractivity contribution in [3.63, 3.8) is 0 Å². The van der Waals surface area contributed by atoms with Gasteiger partial charge in [0.15, 0.2) is 0 Å².